The fourth-order valence-corrected chi connectivity index (χ4v) is 2.29. The summed E-state index contributed by atoms with van der Waals surface area (Å²) in [6, 6.07) is 0.671. The monoisotopic (exact) mass is 197 g/mol. The van der Waals surface area contributed by atoms with Crippen LogP contribution in [0, 0.1) is 0 Å². The highest BCUT2D eigenvalue weighted by atomic mass is 16.1. The molecule has 0 unspecified atom stereocenters. The Morgan fingerprint density at radius 1 is 1.29 bits per heavy atom. The van der Waals surface area contributed by atoms with E-state index in [0.29, 0.717) is 18.4 Å². The summed E-state index contributed by atoms with van der Waals surface area (Å²) < 4.78 is 0. The Bertz CT molecular complexity index is 173. The predicted molar refractivity (Wildman–Crippen MR) is 59.4 cm³/mol. The zero-order valence-electron chi connectivity index (χ0n) is 9.59. The second-order valence-corrected chi connectivity index (χ2v) is 4.50. The third kappa shape index (κ3) is 3.79. The first kappa shape index (κ1) is 11.7. The molecule has 0 saturated heterocycles. The van der Waals surface area contributed by atoms with Crippen molar-refractivity contribution in [2.45, 2.75) is 57.9 Å². The second kappa shape index (κ2) is 6.18. The van der Waals surface area contributed by atoms with Gasteiger partial charge in [0.25, 0.3) is 0 Å². The minimum absolute atomic E-state index is 0.403. The normalized spacial score (nSPS) is 18.8. The molecule has 1 aliphatic carbocycles. The van der Waals surface area contributed by atoms with Gasteiger partial charge in [0, 0.05) is 12.5 Å². The van der Waals surface area contributed by atoms with E-state index in [1.54, 1.807) is 0 Å². The maximum absolute atomic E-state index is 11.5. The molecule has 0 amide bonds. The van der Waals surface area contributed by atoms with E-state index in [1.807, 2.05) is 0 Å². The number of ketones is 1. The first-order valence-corrected chi connectivity index (χ1v) is 5.96. The molecule has 0 aromatic rings. The van der Waals surface area contributed by atoms with E-state index in [9.17, 15) is 4.79 Å². The van der Waals surface area contributed by atoms with Crippen molar-refractivity contribution in [2.75, 3.05) is 13.6 Å². The average molecular weight is 197 g/mol. The van der Waals surface area contributed by atoms with Crippen LogP contribution in [0.4, 0.5) is 0 Å². The third-order valence-electron chi connectivity index (χ3n) is 3.15. The summed E-state index contributed by atoms with van der Waals surface area (Å²) in [6.07, 6.45) is 8.38. The molecule has 2 nitrogen and oxygen atoms in total. The van der Waals surface area contributed by atoms with Crippen molar-refractivity contribution < 1.29 is 4.79 Å². The van der Waals surface area contributed by atoms with Gasteiger partial charge in [-0.25, -0.2) is 0 Å². The highest BCUT2D eigenvalue weighted by Gasteiger charge is 2.19. The number of hydrogen-bond donors (Lipinski definition) is 0. The van der Waals surface area contributed by atoms with Gasteiger partial charge in [0.15, 0.2) is 0 Å². The van der Waals surface area contributed by atoms with E-state index in [4.69, 9.17) is 0 Å². The molecule has 0 atom stereocenters. The van der Waals surface area contributed by atoms with E-state index in [0.717, 1.165) is 12.8 Å². The Hall–Kier alpha value is -0.370. The van der Waals surface area contributed by atoms with Crippen LogP contribution in [0.5, 0.6) is 0 Å². The van der Waals surface area contributed by atoms with E-state index in [-0.39, 0.29) is 0 Å². The van der Waals surface area contributed by atoms with E-state index >= 15 is 0 Å². The summed E-state index contributed by atoms with van der Waals surface area (Å²) in [7, 11) is 2.10. The predicted octanol–water partition coefficient (Wildman–Crippen LogP) is 2.62. The van der Waals surface area contributed by atoms with Gasteiger partial charge in [-0.1, -0.05) is 26.2 Å². The van der Waals surface area contributed by atoms with Crippen LogP contribution < -0.4 is 0 Å². The lowest BCUT2D eigenvalue weighted by Crippen LogP contribution is -2.37. The quantitative estimate of drug-likeness (QED) is 0.675. The van der Waals surface area contributed by atoms with Crippen LogP contribution in [0.1, 0.15) is 51.9 Å². The lowest BCUT2D eigenvalue weighted by atomic mass is 9.94. The molecule has 82 valence electrons. The van der Waals surface area contributed by atoms with E-state index in [2.05, 4.69) is 18.9 Å². The Morgan fingerprint density at radius 2 is 1.93 bits per heavy atom. The van der Waals surface area contributed by atoms with Crippen molar-refractivity contribution >= 4 is 5.78 Å². The highest BCUT2D eigenvalue weighted by molar-refractivity contribution is 5.80. The van der Waals surface area contributed by atoms with Crippen molar-refractivity contribution in [2.24, 2.45) is 0 Å². The number of likely N-dealkylation sites (N-methyl/N-ethyl adjacent to an activating group) is 1. The summed E-state index contributed by atoms with van der Waals surface area (Å²) in [6.45, 7) is 2.73. The van der Waals surface area contributed by atoms with Gasteiger partial charge in [-0.3, -0.25) is 9.69 Å². The van der Waals surface area contributed by atoms with Gasteiger partial charge in [0.05, 0.1) is 6.54 Å². The molecule has 0 N–H and O–H groups in total. The molecular formula is C12H23NO. The summed E-state index contributed by atoms with van der Waals surface area (Å²) in [4.78, 5) is 13.7. The van der Waals surface area contributed by atoms with Gasteiger partial charge in [0.1, 0.15) is 5.78 Å². The van der Waals surface area contributed by atoms with Crippen LogP contribution in [-0.4, -0.2) is 30.3 Å². The first-order valence-electron chi connectivity index (χ1n) is 5.96. The topological polar surface area (TPSA) is 20.3 Å². The van der Waals surface area contributed by atoms with Crippen LogP contribution in [-0.2, 0) is 4.79 Å². The molecule has 1 aliphatic rings. The molecular weight excluding hydrogens is 174 g/mol. The number of carbonyl (C=O) groups excluding carboxylic acids is 1. The van der Waals surface area contributed by atoms with Gasteiger partial charge >= 0.3 is 0 Å². The van der Waals surface area contributed by atoms with Crippen molar-refractivity contribution in [1.82, 2.24) is 4.90 Å². The van der Waals surface area contributed by atoms with Gasteiger partial charge < -0.3 is 0 Å². The fourth-order valence-electron chi connectivity index (χ4n) is 2.29. The molecule has 2 heteroatoms. The fraction of sp³-hybridized carbons (Fsp3) is 0.917. The van der Waals surface area contributed by atoms with E-state index in [1.165, 1.54) is 32.1 Å². The molecule has 14 heavy (non-hydrogen) atoms. The molecule has 0 bridgehead atoms. The SMILES string of the molecule is CCCC(=O)CN(C)C1CCCCC1. The molecule has 1 saturated carbocycles. The highest BCUT2D eigenvalue weighted by Crippen LogP contribution is 2.21. The zero-order chi connectivity index (χ0) is 10.4. The largest absolute Gasteiger partial charge is 0.298 e. The summed E-state index contributed by atoms with van der Waals surface area (Å²) in [5.74, 6) is 0.403. The minimum atomic E-state index is 0.403. The zero-order valence-corrected chi connectivity index (χ0v) is 9.59. The lowest BCUT2D eigenvalue weighted by molar-refractivity contribution is -0.120. The third-order valence-corrected chi connectivity index (χ3v) is 3.15. The smallest absolute Gasteiger partial charge is 0.146 e. The molecule has 1 fully saturated rings. The van der Waals surface area contributed by atoms with Gasteiger partial charge in [0.2, 0.25) is 0 Å². The Morgan fingerprint density at radius 3 is 2.50 bits per heavy atom. The van der Waals surface area contributed by atoms with Crippen LogP contribution in [0.15, 0.2) is 0 Å². The molecule has 0 heterocycles. The number of rotatable bonds is 5. The van der Waals surface area contributed by atoms with Gasteiger partial charge in [-0.05, 0) is 26.3 Å². The number of Topliss-reactive ketones (excluding diaryl/α,β-unsaturated/α-hetero) is 1. The van der Waals surface area contributed by atoms with Crippen molar-refractivity contribution in [1.29, 1.82) is 0 Å². The van der Waals surface area contributed by atoms with Crippen molar-refractivity contribution in [3.8, 4) is 0 Å². The lowest BCUT2D eigenvalue weighted by Gasteiger charge is -2.30. The number of carbonyl (C=O) groups is 1. The van der Waals surface area contributed by atoms with Gasteiger partial charge in [-0.15, -0.1) is 0 Å². The Balaban J connectivity index is 2.25. The summed E-state index contributed by atoms with van der Waals surface area (Å²) >= 11 is 0. The molecule has 0 aliphatic heterocycles. The van der Waals surface area contributed by atoms with Crippen LogP contribution in [0.2, 0.25) is 0 Å². The molecule has 0 aromatic heterocycles. The summed E-state index contributed by atoms with van der Waals surface area (Å²) in [5, 5.41) is 0. The molecule has 0 radical (unpaired) electrons. The first-order chi connectivity index (χ1) is 6.74. The standard InChI is InChI=1S/C12H23NO/c1-3-7-12(14)10-13(2)11-8-5-4-6-9-11/h11H,3-10H2,1-2H3. The van der Waals surface area contributed by atoms with Crippen molar-refractivity contribution in [3.63, 3.8) is 0 Å². The number of hydrogen-bond acceptors (Lipinski definition) is 2. The minimum Gasteiger partial charge on any atom is -0.298 e. The maximum atomic E-state index is 11.5. The van der Waals surface area contributed by atoms with E-state index < -0.39 is 0 Å². The second-order valence-electron chi connectivity index (χ2n) is 4.50. The van der Waals surface area contributed by atoms with Crippen molar-refractivity contribution in [3.05, 3.63) is 0 Å². The molecule has 0 aromatic carbocycles. The average Bonchev–Trinajstić information content (AvgIpc) is 2.19. The summed E-state index contributed by atoms with van der Waals surface area (Å²) in [5.41, 5.74) is 0. The van der Waals surface area contributed by atoms with Crippen LogP contribution in [0.3, 0.4) is 0 Å². The molecule has 0 spiro atoms. The molecule has 1 rings (SSSR count). The maximum Gasteiger partial charge on any atom is 0.146 e. The Labute approximate surface area is 87.7 Å². The Kier molecular flexibility index (Phi) is 5.16. The van der Waals surface area contributed by atoms with Crippen LogP contribution in [0.25, 0.3) is 0 Å². The number of nitrogens with zero attached hydrogens (tertiary/aromatic N) is 1. The van der Waals surface area contributed by atoms with Gasteiger partial charge in [-0.2, -0.15) is 0 Å². The van der Waals surface area contributed by atoms with Crippen LogP contribution >= 0.6 is 0 Å².